The lowest BCUT2D eigenvalue weighted by atomic mass is 10.1. The molecule has 3 heteroatoms. The van der Waals surface area contributed by atoms with Crippen LogP contribution in [0.3, 0.4) is 0 Å². The predicted molar refractivity (Wildman–Crippen MR) is 69.1 cm³/mol. The second-order valence-corrected chi connectivity index (χ2v) is 4.68. The highest BCUT2D eigenvalue weighted by atomic mass is 16.3. The number of rotatable bonds is 5. The van der Waals surface area contributed by atoms with Crippen LogP contribution in [-0.4, -0.2) is 29.4 Å². The molecule has 0 atom stereocenters. The van der Waals surface area contributed by atoms with E-state index in [-0.39, 0.29) is 13.2 Å². The largest absolute Gasteiger partial charge is 0.395 e. The first-order valence-electron chi connectivity index (χ1n) is 6.42. The Kier molecular flexibility index (Phi) is 4.40. The zero-order valence-corrected chi connectivity index (χ0v) is 10.2. The molecule has 2 N–H and O–H groups in total. The molecule has 1 saturated carbocycles. The molecule has 94 valence electrons. The van der Waals surface area contributed by atoms with Gasteiger partial charge in [-0.15, -0.1) is 0 Å². The van der Waals surface area contributed by atoms with E-state index in [1.165, 1.54) is 25.7 Å². The molecule has 0 spiro atoms. The lowest BCUT2D eigenvalue weighted by molar-refractivity contribution is 0.282. The highest BCUT2D eigenvalue weighted by Gasteiger charge is 2.22. The summed E-state index contributed by atoms with van der Waals surface area (Å²) in [4.78, 5) is 2.30. The van der Waals surface area contributed by atoms with Gasteiger partial charge >= 0.3 is 0 Å². The molecule has 1 fully saturated rings. The van der Waals surface area contributed by atoms with E-state index in [0.29, 0.717) is 12.6 Å². The van der Waals surface area contributed by atoms with Gasteiger partial charge in [0.15, 0.2) is 0 Å². The van der Waals surface area contributed by atoms with Gasteiger partial charge in [-0.2, -0.15) is 0 Å². The smallest absolute Gasteiger partial charge is 0.0681 e. The fraction of sp³-hybridized carbons (Fsp3) is 0.571. The molecule has 0 aromatic heterocycles. The van der Waals surface area contributed by atoms with Crippen LogP contribution in [0.5, 0.6) is 0 Å². The van der Waals surface area contributed by atoms with Gasteiger partial charge in [0.05, 0.1) is 13.2 Å². The Hall–Kier alpha value is -1.06. The third-order valence-electron chi connectivity index (χ3n) is 3.56. The summed E-state index contributed by atoms with van der Waals surface area (Å²) < 4.78 is 0. The van der Waals surface area contributed by atoms with Gasteiger partial charge in [-0.05, 0) is 30.5 Å². The maximum atomic E-state index is 9.18. The van der Waals surface area contributed by atoms with Crippen molar-refractivity contribution in [2.75, 3.05) is 18.1 Å². The number of benzene rings is 1. The van der Waals surface area contributed by atoms with Crippen molar-refractivity contribution in [1.82, 2.24) is 0 Å². The zero-order valence-electron chi connectivity index (χ0n) is 10.2. The summed E-state index contributed by atoms with van der Waals surface area (Å²) in [5.41, 5.74) is 2.09. The monoisotopic (exact) mass is 235 g/mol. The van der Waals surface area contributed by atoms with Crippen molar-refractivity contribution in [1.29, 1.82) is 0 Å². The SMILES string of the molecule is OCCN(c1ccc(CO)cc1)C1CCCC1. The molecular formula is C14H21NO2. The predicted octanol–water partition coefficient (Wildman–Crippen LogP) is 1.92. The number of aliphatic hydroxyl groups is 2. The Morgan fingerprint density at radius 2 is 1.71 bits per heavy atom. The minimum atomic E-state index is 0.0870. The van der Waals surface area contributed by atoms with Gasteiger partial charge in [-0.3, -0.25) is 0 Å². The molecule has 0 amide bonds. The number of hydrogen-bond acceptors (Lipinski definition) is 3. The van der Waals surface area contributed by atoms with Crippen LogP contribution in [-0.2, 0) is 6.61 Å². The minimum Gasteiger partial charge on any atom is -0.395 e. The van der Waals surface area contributed by atoms with Crippen LogP contribution in [0.25, 0.3) is 0 Å². The highest BCUT2D eigenvalue weighted by Crippen LogP contribution is 2.28. The maximum Gasteiger partial charge on any atom is 0.0681 e. The molecule has 1 aliphatic carbocycles. The molecule has 0 radical (unpaired) electrons. The first-order chi connectivity index (χ1) is 8.35. The van der Waals surface area contributed by atoms with Crippen molar-refractivity contribution < 1.29 is 10.2 Å². The zero-order chi connectivity index (χ0) is 12.1. The van der Waals surface area contributed by atoms with Crippen LogP contribution in [0.4, 0.5) is 5.69 Å². The molecule has 0 bridgehead atoms. The molecule has 2 rings (SSSR count). The van der Waals surface area contributed by atoms with Crippen molar-refractivity contribution >= 4 is 5.69 Å². The molecule has 0 aliphatic heterocycles. The molecule has 1 aliphatic rings. The molecule has 17 heavy (non-hydrogen) atoms. The molecule has 1 aromatic carbocycles. The van der Waals surface area contributed by atoms with Crippen LogP contribution < -0.4 is 4.90 Å². The quantitative estimate of drug-likeness (QED) is 0.819. The Bertz CT molecular complexity index is 331. The van der Waals surface area contributed by atoms with Gasteiger partial charge in [0.25, 0.3) is 0 Å². The lowest BCUT2D eigenvalue weighted by Gasteiger charge is -2.30. The summed E-state index contributed by atoms with van der Waals surface area (Å²) in [6, 6.07) is 8.56. The number of hydrogen-bond donors (Lipinski definition) is 2. The van der Waals surface area contributed by atoms with E-state index in [1.807, 2.05) is 24.3 Å². The Morgan fingerprint density at radius 3 is 2.24 bits per heavy atom. The van der Waals surface area contributed by atoms with Gasteiger partial charge in [-0.1, -0.05) is 25.0 Å². The summed E-state index contributed by atoms with van der Waals surface area (Å²) in [7, 11) is 0. The van der Waals surface area contributed by atoms with Crippen molar-refractivity contribution in [3.63, 3.8) is 0 Å². The molecular weight excluding hydrogens is 214 g/mol. The molecule has 3 nitrogen and oxygen atoms in total. The summed E-state index contributed by atoms with van der Waals surface area (Å²) >= 11 is 0. The maximum absolute atomic E-state index is 9.18. The van der Waals surface area contributed by atoms with Gasteiger partial charge < -0.3 is 15.1 Å². The lowest BCUT2D eigenvalue weighted by Crippen LogP contribution is -2.35. The standard InChI is InChI=1S/C14H21NO2/c16-10-9-15(13-3-1-2-4-13)14-7-5-12(11-17)6-8-14/h5-8,13,16-17H,1-4,9-11H2. The summed E-state index contributed by atoms with van der Waals surface area (Å²) in [6.07, 6.45) is 5.03. The van der Waals surface area contributed by atoms with E-state index in [9.17, 15) is 5.11 Å². The fourth-order valence-corrected chi connectivity index (χ4v) is 2.64. The fourth-order valence-electron chi connectivity index (χ4n) is 2.64. The van der Waals surface area contributed by atoms with E-state index in [1.54, 1.807) is 0 Å². The van der Waals surface area contributed by atoms with Crippen LogP contribution in [0.1, 0.15) is 31.2 Å². The van der Waals surface area contributed by atoms with Crippen molar-refractivity contribution in [2.45, 2.75) is 38.3 Å². The Morgan fingerprint density at radius 1 is 1.06 bits per heavy atom. The molecule has 0 heterocycles. The molecule has 0 saturated heterocycles. The second-order valence-electron chi connectivity index (χ2n) is 4.68. The topological polar surface area (TPSA) is 43.7 Å². The first kappa shape index (κ1) is 12.4. The van der Waals surface area contributed by atoms with Crippen molar-refractivity contribution in [2.24, 2.45) is 0 Å². The van der Waals surface area contributed by atoms with Gasteiger partial charge in [0, 0.05) is 18.3 Å². The summed E-state index contributed by atoms with van der Waals surface area (Å²) in [5.74, 6) is 0. The normalized spacial score (nSPS) is 16.4. The summed E-state index contributed by atoms with van der Waals surface area (Å²) in [5, 5.41) is 18.2. The van der Waals surface area contributed by atoms with Crippen LogP contribution in [0.2, 0.25) is 0 Å². The number of anilines is 1. The second kappa shape index (κ2) is 6.03. The summed E-state index contributed by atoms with van der Waals surface area (Å²) in [6.45, 7) is 0.977. The van der Waals surface area contributed by atoms with Crippen LogP contribution >= 0.6 is 0 Å². The van der Waals surface area contributed by atoms with Crippen molar-refractivity contribution in [3.05, 3.63) is 29.8 Å². The van der Waals surface area contributed by atoms with Gasteiger partial charge in [-0.25, -0.2) is 0 Å². The molecule has 1 aromatic rings. The number of aliphatic hydroxyl groups excluding tert-OH is 2. The van der Waals surface area contributed by atoms with E-state index in [2.05, 4.69) is 4.90 Å². The van der Waals surface area contributed by atoms with Gasteiger partial charge in [0.1, 0.15) is 0 Å². The van der Waals surface area contributed by atoms with Crippen LogP contribution in [0.15, 0.2) is 24.3 Å². The molecule has 0 unspecified atom stereocenters. The highest BCUT2D eigenvalue weighted by molar-refractivity contribution is 5.48. The van der Waals surface area contributed by atoms with Gasteiger partial charge in [0.2, 0.25) is 0 Å². The van der Waals surface area contributed by atoms with Crippen molar-refractivity contribution in [3.8, 4) is 0 Å². The first-order valence-corrected chi connectivity index (χ1v) is 6.42. The third-order valence-corrected chi connectivity index (χ3v) is 3.56. The van der Waals surface area contributed by atoms with E-state index >= 15 is 0 Å². The van der Waals surface area contributed by atoms with E-state index in [4.69, 9.17) is 5.11 Å². The number of nitrogens with zero attached hydrogens (tertiary/aromatic N) is 1. The van der Waals surface area contributed by atoms with E-state index in [0.717, 1.165) is 11.3 Å². The van der Waals surface area contributed by atoms with E-state index < -0.39 is 0 Å². The van der Waals surface area contributed by atoms with Crippen LogP contribution in [0, 0.1) is 0 Å². The average molecular weight is 235 g/mol. The Balaban J connectivity index is 2.12. The Labute approximate surface area is 103 Å². The average Bonchev–Trinajstić information content (AvgIpc) is 2.90. The third kappa shape index (κ3) is 2.99. The minimum absolute atomic E-state index is 0.0870.